The highest BCUT2D eigenvalue weighted by atomic mass is 32.2. The number of aromatic carboxylic acids is 1. The van der Waals surface area contributed by atoms with Crippen LogP contribution in [0.4, 0.5) is 0 Å². The SMILES string of the molecule is CCN(CCS(=O)(=O)c1ccc(C(=O)O)cc1)C(C)C. The summed E-state index contributed by atoms with van der Waals surface area (Å²) in [5, 5.41) is 8.79. The van der Waals surface area contributed by atoms with E-state index in [-0.39, 0.29) is 16.2 Å². The third-order valence-electron chi connectivity index (χ3n) is 3.24. The van der Waals surface area contributed by atoms with Gasteiger partial charge in [-0.15, -0.1) is 0 Å². The molecule has 112 valence electrons. The van der Waals surface area contributed by atoms with Crippen LogP contribution in [0.1, 0.15) is 31.1 Å². The lowest BCUT2D eigenvalue weighted by atomic mass is 10.2. The van der Waals surface area contributed by atoms with Crippen LogP contribution in [-0.4, -0.2) is 49.3 Å². The summed E-state index contributed by atoms with van der Waals surface area (Å²) in [6.45, 7) is 7.31. The monoisotopic (exact) mass is 299 g/mol. The van der Waals surface area contributed by atoms with Gasteiger partial charge in [0.2, 0.25) is 0 Å². The Morgan fingerprint density at radius 1 is 1.25 bits per heavy atom. The highest BCUT2D eigenvalue weighted by molar-refractivity contribution is 7.91. The Bertz CT molecular complexity index is 549. The number of sulfone groups is 1. The van der Waals surface area contributed by atoms with E-state index in [1.165, 1.54) is 24.3 Å². The van der Waals surface area contributed by atoms with Gasteiger partial charge < -0.3 is 10.0 Å². The van der Waals surface area contributed by atoms with Crippen LogP contribution in [0.5, 0.6) is 0 Å². The second-order valence-electron chi connectivity index (χ2n) is 4.87. The molecule has 0 spiro atoms. The summed E-state index contributed by atoms with van der Waals surface area (Å²) >= 11 is 0. The third-order valence-corrected chi connectivity index (χ3v) is 4.95. The van der Waals surface area contributed by atoms with E-state index in [9.17, 15) is 13.2 Å². The van der Waals surface area contributed by atoms with E-state index in [2.05, 4.69) is 4.90 Å². The highest BCUT2D eigenvalue weighted by Crippen LogP contribution is 2.13. The van der Waals surface area contributed by atoms with Gasteiger partial charge in [0.15, 0.2) is 9.84 Å². The Morgan fingerprint density at radius 2 is 1.80 bits per heavy atom. The summed E-state index contributed by atoms with van der Waals surface area (Å²) in [5.41, 5.74) is 0.0846. The fourth-order valence-electron chi connectivity index (χ4n) is 1.94. The number of nitrogens with zero attached hydrogens (tertiary/aromatic N) is 1. The van der Waals surface area contributed by atoms with Crippen molar-refractivity contribution < 1.29 is 18.3 Å². The van der Waals surface area contributed by atoms with Gasteiger partial charge in [-0.25, -0.2) is 13.2 Å². The third kappa shape index (κ3) is 4.31. The average Bonchev–Trinajstić information content (AvgIpc) is 2.39. The Labute approximate surface area is 120 Å². The zero-order valence-corrected chi connectivity index (χ0v) is 12.9. The Kier molecular flexibility index (Phi) is 5.71. The Morgan fingerprint density at radius 3 is 2.20 bits per heavy atom. The molecular weight excluding hydrogens is 278 g/mol. The van der Waals surface area contributed by atoms with Crippen molar-refractivity contribution in [3.63, 3.8) is 0 Å². The molecule has 20 heavy (non-hydrogen) atoms. The van der Waals surface area contributed by atoms with Gasteiger partial charge in [0.05, 0.1) is 16.2 Å². The molecule has 1 aromatic rings. The van der Waals surface area contributed by atoms with Crippen LogP contribution in [0.25, 0.3) is 0 Å². The standard InChI is InChI=1S/C14H21NO4S/c1-4-15(11(2)3)9-10-20(18,19)13-7-5-12(6-8-13)14(16)17/h5-8,11H,4,9-10H2,1-3H3,(H,16,17). The first-order chi connectivity index (χ1) is 9.27. The molecule has 0 atom stereocenters. The smallest absolute Gasteiger partial charge is 0.335 e. The van der Waals surface area contributed by atoms with Gasteiger partial charge in [-0.1, -0.05) is 6.92 Å². The zero-order chi connectivity index (χ0) is 15.3. The van der Waals surface area contributed by atoms with Gasteiger partial charge in [0.25, 0.3) is 0 Å². The van der Waals surface area contributed by atoms with E-state index in [4.69, 9.17) is 5.11 Å². The molecule has 0 saturated carbocycles. The van der Waals surface area contributed by atoms with Crippen molar-refractivity contribution in [1.29, 1.82) is 0 Å². The fourth-order valence-corrected chi connectivity index (χ4v) is 3.20. The minimum atomic E-state index is -3.38. The number of benzene rings is 1. The highest BCUT2D eigenvalue weighted by Gasteiger charge is 2.17. The number of hydrogen-bond acceptors (Lipinski definition) is 4. The first kappa shape index (κ1) is 16.7. The first-order valence-electron chi connectivity index (χ1n) is 6.58. The molecule has 0 unspecified atom stereocenters. The fraction of sp³-hybridized carbons (Fsp3) is 0.500. The van der Waals surface area contributed by atoms with Gasteiger partial charge in [-0.3, -0.25) is 0 Å². The molecule has 0 aliphatic carbocycles. The van der Waals surface area contributed by atoms with E-state index >= 15 is 0 Å². The van der Waals surface area contributed by atoms with Crippen molar-refractivity contribution in [2.45, 2.75) is 31.7 Å². The average molecular weight is 299 g/mol. The quantitative estimate of drug-likeness (QED) is 0.832. The van der Waals surface area contributed by atoms with E-state index in [1.807, 2.05) is 20.8 Å². The lowest BCUT2D eigenvalue weighted by Crippen LogP contribution is -2.34. The van der Waals surface area contributed by atoms with Gasteiger partial charge in [-0.2, -0.15) is 0 Å². The maximum Gasteiger partial charge on any atom is 0.335 e. The van der Waals surface area contributed by atoms with Crippen LogP contribution in [0.3, 0.4) is 0 Å². The summed E-state index contributed by atoms with van der Waals surface area (Å²) in [4.78, 5) is 13.0. The van der Waals surface area contributed by atoms with Crippen LogP contribution in [0.2, 0.25) is 0 Å². The maximum absolute atomic E-state index is 12.2. The number of hydrogen-bond donors (Lipinski definition) is 1. The molecule has 6 heteroatoms. The molecule has 0 fully saturated rings. The van der Waals surface area contributed by atoms with Crippen LogP contribution in [0.15, 0.2) is 29.2 Å². The van der Waals surface area contributed by atoms with Gasteiger partial charge in [0, 0.05) is 12.6 Å². The van der Waals surface area contributed by atoms with Gasteiger partial charge >= 0.3 is 5.97 Å². The van der Waals surface area contributed by atoms with Crippen molar-refractivity contribution >= 4 is 15.8 Å². The van der Waals surface area contributed by atoms with E-state index in [0.29, 0.717) is 12.6 Å². The Hall–Kier alpha value is -1.40. The van der Waals surface area contributed by atoms with Crippen molar-refractivity contribution in [3.8, 4) is 0 Å². The van der Waals surface area contributed by atoms with E-state index in [1.54, 1.807) is 0 Å². The molecule has 0 bridgehead atoms. The summed E-state index contributed by atoms with van der Waals surface area (Å²) < 4.78 is 24.4. The first-order valence-corrected chi connectivity index (χ1v) is 8.23. The lowest BCUT2D eigenvalue weighted by molar-refractivity contribution is 0.0696. The van der Waals surface area contributed by atoms with Gasteiger partial charge in [-0.05, 0) is 44.7 Å². The summed E-state index contributed by atoms with van der Waals surface area (Å²) in [5.74, 6) is -1.03. The van der Waals surface area contributed by atoms with Crippen molar-refractivity contribution in [3.05, 3.63) is 29.8 Å². The van der Waals surface area contributed by atoms with Crippen LogP contribution in [-0.2, 0) is 9.84 Å². The summed E-state index contributed by atoms with van der Waals surface area (Å²) in [7, 11) is -3.38. The molecule has 0 aliphatic rings. The molecule has 0 amide bonds. The molecule has 1 rings (SSSR count). The topological polar surface area (TPSA) is 74.7 Å². The molecule has 0 radical (unpaired) electrons. The van der Waals surface area contributed by atoms with E-state index < -0.39 is 15.8 Å². The van der Waals surface area contributed by atoms with Crippen molar-refractivity contribution in [2.24, 2.45) is 0 Å². The van der Waals surface area contributed by atoms with Crippen LogP contribution >= 0.6 is 0 Å². The normalized spacial score (nSPS) is 12.1. The molecule has 5 nitrogen and oxygen atoms in total. The molecule has 1 aromatic carbocycles. The van der Waals surface area contributed by atoms with Crippen molar-refractivity contribution in [1.82, 2.24) is 4.90 Å². The summed E-state index contributed by atoms with van der Waals surface area (Å²) in [6.07, 6.45) is 0. The second kappa shape index (κ2) is 6.85. The molecule has 0 aromatic heterocycles. The number of carboxylic acid groups (broad SMARTS) is 1. The zero-order valence-electron chi connectivity index (χ0n) is 12.0. The van der Waals surface area contributed by atoms with Crippen molar-refractivity contribution in [2.75, 3.05) is 18.8 Å². The molecule has 0 aliphatic heterocycles. The predicted molar refractivity (Wildman–Crippen MR) is 77.8 cm³/mol. The number of rotatable bonds is 7. The molecular formula is C14H21NO4S. The number of carboxylic acids is 1. The number of carbonyl (C=O) groups is 1. The second-order valence-corrected chi connectivity index (χ2v) is 6.98. The summed E-state index contributed by atoms with van der Waals surface area (Å²) in [6, 6.07) is 5.63. The van der Waals surface area contributed by atoms with Crippen LogP contribution in [0, 0.1) is 0 Å². The minimum absolute atomic E-state index is 0.0332. The largest absolute Gasteiger partial charge is 0.478 e. The lowest BCUT2D eigenvalue weighted by Gasteiger charge is -2.24. The van der Waals surface area contributed by atoms with Crippen LogP contribution < -0.4 is 0 Å². The maximum atomic E-state index is 12.2. The Balaban J connectivity index is 2.81. The molecule has 0 heterocycles. The predicted octanol–water partition coefficient (Wildman–Crippen LogP) is 1.89. The molecule has 1 N–H and O–H groups in total. The minimum Gasteiger partial charge on any atom is -0.478 e. The molecule has 0 saturated heterocycles. The van der Waals surface area contributed by atoms with Gasteiger partial charge in [0.1, 0.15) is 0 Å². The van der Waals surface area contributed by atoms with E-state index in [0.717, 1.165) is 6.54 Å².